The molecule has 4 atom stereocenters. The Morgan fingerprint density at radius 2 is 1.81 bits per heavy atom. The number of alkyl halides is 3. The highest BCUT2D eigenvalue weighted by Crippen LogP contribution is 2.55. The highest BCUT2D eigenvalue weighted by Gasteiger charge is 2.50. The highest BCUT2D eigenvalue weighted by atomic mass is 19.4. The Morgan fingerprint density at radius 3 is 2.54 bits per heavy atom. The molecule has 2 aromatic carbocycles. The van der Waals surface area contributed by atoms with Crippen molar-refractivity contribution in [1.82, 2.24) is 10.6 Å². The summed E-state index contributed by atoms with van der Waals surface area (Å²) < 4.78 is 52.5. The van der Waals surface area contributed by atoms with Crippen molar-refractivity contribution >= 4 is 11.9 Å². The van der Waals surface area contributed by atoms with Crippen LogP contribution in [0.25, 0.3) is 0 Å². The predicted octanol–water partition coefficient (Wildman–Crippen LogP) is 6.09. The van der Waals surface area contributed by atoms with E-state index in [4.69, 9.17) is 9.47 Å². The summed E-state index contributed by atoms with van der Waals surface area (Å²) in [7, 11) is 1.23. The summed E-state index contributed by atoms with van der Waals surface area (Å²) in [6.07, 6.45) is 2.22. The first-order chi connectivity index (χ1) is 17.7. The number of carbonyl (C=O) groups is 2. The Labute approximate surface area is 213 Å². The van der Waals surface area contributed by atoms with Gasteiger partial charge in [-0.15, -0.1) is 0 Å². The molecule has 2 aromatic rings. The van der Waals surface area contributed by atoms with Crippen molar-refractivity contribution in [2.75, 3.05) is 7.11 Å². The van der Waals surface area contributed by atoms with Gasteiger partial charge in [0.25, 0.3) is 5.91 Å². The molecule has 2 N–H and O–H groups in total. The third kappa shape index (κ3) is 5.40. The lowest BCUT2D eigenvalue weighted by Crippen LogP contribution is -2.55. The Bertz CT molecular complexity index is 1170. The zero-order chi connectivity index (χ0) is 26.2. The molecule has 198 valence electrons. The highest BCUT2D eigenvalue weighted by molar-refractivity contribution is 6.05. The van der Waals surface area contributed by atoms with E-state index < -0.39 is 34.8 Å². The molecule has 0 spiro atoms. The minimum Gasteiger partial charge on any atom is -0.493 e. The molecule has 37 heavy (non-hydrogen) atoms. The van der Waals surface area contributed by atoms with Gasteiger partial charge in [-0.1, -0.05) is 43.2 Å². The van der Waals surface area contributed by atoms with Gasteiger partial charge in [-0.3, -0.25) is 10.1 Å². The van der Waals surface area contributed by atoms with Crippen LogP contribution in [0.4, 0.5) is 18.0 Å². The van der Waals surface area contributed by atoms with Crippen LogP contribution in [-0.2, 0) is 12.8 Å². The number of benzene rings is 2. The number of fused-ring (bicyclic) bond motifs is 2. The Hall–Kier alpha value is -3.23. The molecule has 0 aliphatic heterocycles. The lowest BCUT2D eigenvalue weighted by atomic mass is 9.73. The fourth-order valence-electron chi connectivity index (χ4n) is 6.75. The molecule has 3 bridgehead atoms. The number of ether oxygens (including phenoxy) is 2. The van der Waals surface area contributed by atoms with E-state index >= 15 is 0 Å². The van der Waals surface area contributed by atoms with Gasteiger partial charge < -0.3 is 14.8 Å². The van der Waals surface area contributed by atoms with Crippen molar-refractivity contribution in [2.24, 2.45) is 17.8 Å². The number of imide groups is 1. The number of methoxy groups -OCH3 is 1. The number of hydrogen-bond donors (Lipinski definition) is 2. The van der Waals surface area contributed by atoms with Gasteiger partial charge in [0.1, 0.15) is 6.61 Å². The summed E-state index contributed by atoms with van der Waals surface area (Å²) in [5.74, 6) is 0.501. The third-order valence-corrected chi connectivity index (χ3v) is 8.20. The van der Waals surface area contributed by atoms with Crippen molar-refractivity contribution in [2.45, 2.75) is 63.3 Å². The first kappa shape index (κ1) is 25.4. The number of carbonyl (C=O) groups excluding carboxylic acids is 2. The quantitative estimate of drug-likeness (QED) is 0.487. The fourth-order valence-corrected chi connectivity index (χ4v) is 6.75. The maximum atomic E-state index is 13.9. The minimum absolute atomic E-state index is 0.0258. The molecule has 0 radical (unpaired) electrons. The molecule has 3 aliphatic carbocycles. The van der Waals surface area contributed by atoms with Crippen LogP contribution in [0, 0.1) is 17.8 Å². The van der Waals surface area contributed by atoms with E-state index in [9.17, 15) is 22.8 Å². The lowest BCUT2D eigenvalue weighted by Gasteiger charge is -2.40. The van der Waals surface area contributed by atoms with E-state index in [0.29, 0.717) is 17.8 Å². The summed E-state index contributed by atoms with van der Waals surface area (Å²) in [5, 5.41) is 5.15. The molecule has 0 saturated heterocycles. The normalized spacial score (nSPS) is 26.3. The zero-order valence-electron chi connectivity index (χ0n) is 20.7. The SMILES string of the molecule is COc1cc(C(F)(F)F)c(C(=O)NC(=O)NC23CCCC4CC(CC4C2)C3)cc1OCc1ccccc1. The Balaban J connectivity index is 1.35. The number of nitrogens with one attached hydrogen (secondary N) is 2. The molecule has 4 unspecified atom stereocenters. The number of rotatable bonds is 6. The molecule has 0 aromatic heterocycles. The molecule has 3 aliphatic rings. The maximum absolute atomic E-state index is 13.9. The average Bonchev–Trinajstić information content (AvgIpc) is 3.08. The van der Waals surface area contributed by atoms with Crippen LogP contribution in [-0.4, -0.2) is 24.6 Å². The molecule has 9 heteroatoms. The molecular formula is C28H31F3N2O4. The zero-order valence-corrected chi connectivity index (χ0v) is 20.7. The predicted molar refractivity (Wildman–Crippen MR) is 130 cm³/mol. The van der Waals surface area contributed by atoms with Gasteiger partial charge in [0, 0.05) is 5.54 Å². The number of amides is 3. The van der Waals surface area contributed by atoms with E-state index in [-0.39, 0.29) is 18.1 Å². The summed E-state index contributed by atoms with van der Waals surface area (Å²) in [6.45, 7) is 0.0654. The number of halogens is 3. The van der Waals surface area contributed by atoms with E-state index in [1.165, 1.54) is 20.0 Å². The van der Waals surface area contributed by atoms with E-state index in [0.717, 1.165) is 49.8 Å². The van der Waals surface area contributed by atoms with Crippen molar-refractivity contribution < 1.29 is 32.2 Å². The summed E-state index contributed by atoms with van der Waals surface area (Å²) >= 11 is 0. The minimum atomic E-state index is -4.84. The van der Waals surface area contributed by atoms with Crippen LogP contribution >= 0.6 is 0 Å². The van der Waals surface area contributed by atoms with Crippen LogP contribution in [0.3, 0.4) is 0 Å². The first-order valence-corrected chi connectivity index (χ1v) is 12.8. The van der Waals surface area contributed by atoms with Crippen LogP contribution in [0.15, 0.2) is 42.5 Å². The van der Waals surface area contributed by atoms with Gasteiger partial charge in [-0.05, 0) is 67.6 Å². The van der Waals surface area contributed by atoms with Crippen molar-refractivity contribution in [1.29, 1.82) is 0 Å². The standard InChI is InChI=1S/C28H31F3N2O4/c1-36-23-13-22(28(29,30)31)21(12-24(23)37-16-17-6-3-2-4-7-17)25(34)32-26(35)33-27-9-5-8-19-10-18(14-27)11-20(19)15-27/h2-4,6-7,12-13,18-20H,5,8-11,14-16H2,1H3,(H2,32,33,34,35). The summed E-state index contributed by atoms with van der Waals surface area (Å²) in [5.41, 5.74) is -1.51. The number of urea groups is 1. The van der Waals surface area contributed by atoms with Crippen molar-refractivity contribution in [3.05, 3.63) is 59.2 Å². The second-order valence-corrected chi connectivity index (χ2v) is 10.7. The lowest BCUT2D eigenvalue weighted by molar-refractivity contribution is -0.138. The molecule has 3 amide bonds. The first-order valence-electron chi connectivity index (χ1n) is 12.8. The molecule has 0 heterocycles. The van der Waals surface area contributed by atoms with E-state index in [1.54, 1.807) is 12.1 Å². The Kier molecular flexibility index (Phi) is 6.81. The molecule has 6 nitrogen and oxygen atoms in total. The summed E-state index contributed by atoms with van der Waals surface area (Å²) in [4.78, 5) is 26.0. The summed E-state index contributed by atoms with van der Waals surface area (Å²) in [6, 6.07) is 10.0. The topological polar surface area (TPSA) is 76.7 Å². The average molecular weight is 517 g/mol. The third-order valence-electron chi connectivity index (χ3n) is 8.20. The molecule has 3 fully saturated rings. The van der Waals surface area contributed by atoms with Crippen molar-refractivity contribution in [3.8, 4) is 11.5 Å². The Morgan fingerprint density at radius 1 is 1.05 bits per heavy atom. The van der Waals surface area contributed by atoms with Gasteiger partial charge in [0.05, 0.1) is 18.2 Å². The monoisotopic (exact) mass is 516 g/mol. The van der Waals surface area contributed by atoms with Crippen molar-refractivity contribution in [3.63, 3.8) is 0 Å². The van der Waals surface area contributed by atoms with Gasteiger partial charge in [-0.25, -0.2) is 4.79 Å². The second kappa shape index (κ2) is 9.91. The van der Waals surface area contributed by atoms with Gasteiger partial charge in [0.2, 0.25) is 0 Å². The van der Waals surface area contributed by atoms with Gasteiger partial charge >= 0.3 is 12.2 Å². The maximum Gasteiger partial charge on any atom is 0.417 e. The second-order valence-electron chi connectivity index (χ2n) is 10.7. The van der Waals surface area contributed by atoms with Gasteiger partial charge in [0.15, 0.2) is 11.5 Å². The van der Waals surface area contributed by atoms with Gasteiger partial charge in [-0.2, -0.15) is 13.2 Å². The van der Waals surface area contributed by atoms with E-state index in [1.807, 2.05) is 18.2 Å². The van der Waals surface area contributed by atoms with E-state index in [2.05, 4.69) is 10.6 Å². The number of hydrogen-bond acceptors (Lipinski definition) is 4. The molecule has 5 rings (SSSR count). The molecule has 3 saturated carbocycles. The van der Waals surface area contributed by atoms with Crippen LogP contribution in [0.1, 0.15) is 66.4 Å². The molecular weight excluding hydrogens is 485 g/mol. The van der Waals surface area contributed by atoms with Crippen LogP contribution < -0.4 is 20.1 Å². The largest absolute Gasteiger partial charge is 0.493 e. The smallest absolute Gasteiger partial charge is 0.417 e. The van der Waals surface area contributed by atoms with Crippen LogP contribution in [0.2, 0.25) is 0 Å². The fraction of sp³-hybridized carbons (Fsp3) is 0.500. The van der Waals surface area contributed by atoms with Crippen LogP contribution in [0.5, 0.6) is 11.5 Å².